The molecule has 7 nitrogen and oxygen atoms in total. The third kappa shape index (κ3) is 3.46. The van der Waals surface area contributed by atoms with Gasteiger partial charge in [0.25, 0.3) is 11.5 Å². The summed E-state index contributed by atoms with van der Waals surface area (Å²) in [5, 5.41) is 0. The van der Waals surface area contributed by atoms with Crippen LogP contribution in [0.1, 0.15) is 30.4 Å². The van der Waals surface area contributed by atoms with Crippen LogP contribution in [0.4, 0.5) is 14.6 Å². The minimum Gasteiger partial charge on any atom is -0.382 e. The Hall–Kier alpha value is -3.62. The maximum absolute atomic E-state index is 13.8. The van der Waals surface area contributed by atoms with Gasteiger partial charge >= 0.3 is 0 Å². The highest BCUT2D eigenvalue weighted by molar-refractivity contribution is 5.96. The molecule has 0 fully saturated rings. The Morgan fingerprint density at radius 1 is 1.04 bits per heavy atom. The normalized spacial score (nSPS) is 11.0. The van der Waals surface area contributed by atoms with Crippen molar-refractivity contribution in [2.75, 3.05) is 5.73 Å². The van der Waals surface area contributed by atoms with Gasteiger partial charge in [-0.3, -0.25) is 9.59 Å². The van der Waals surface area contributed by atoms with Crippen LogP contribution in [0.5, 0.6) is 0 Å². The lowest BCUT2D eigenvalue weighted by Gasteiger charge is -2.15. The molecule has 0 bridgehead atoms. The Morgan fingerprint density at radius 2 is 1.68 bits per heavy atom. The van der Waals surface area contributed by atoms with Crippen molar-refractivity contribution >= 4 is 11.7 Å². The topological polar surface area (TPSA) is 117 Å². The lowest BCUT2D eigenvalue weighted by molar-refractivity contribution is 0.0996. The number of carbonyl (C=O) groups is 1. The molecule has 1 aromatic carbocycles. The van der Waals surface area contributed by atoms with Gasteiger partial charge in [0.05, 0.1) is 11.4 Å². The molecule has 28 heavy (non-hydrogen) atoms. The van der Waals surface area contributed by atoms with E-state index in [1.54, 1.807) is 6.20 Å². The van der Waals surface area contributed by atoms with E-state index in [1.807, 2.05) is 13.8 Å². The van der Waals surface area contributed by atoms with E-state index in [0.29, 0.717) is 5.56 Å². The molecule has 3 rings (SSSR count). The Bertz CT molecular complexity index is 1140. The number of nitrogen functional groups attached to an aromatic ring is 1. The molecule has 0 saturated heterocycles. The van der Waals surface area contributed by atoms with Crippen molar-refractivity contribution < 1.29 is 13.6 Å². The van der Waals surface area contributed by atoms with E-state index in [-0.39, 0.29) is 40.1 Å². The summed E-state index contributed by atoms with van der Waals surface area (Å²) in [6, 6.07) is 5.90. The molecule has 4 N–H and O–H groups in total. The molecule has 0 aliphatic rings. The van der Waals surface area contributed by atoms with Crippen LogP contribution in [-0.4, -0.2) is 20.4 Å². The minimum absolute atomic E-state index is 0.121. The van der Waals surface area contributed by atoms with Gasteiger partial charge in [0.15, 0.2) is 23.1 Å². The first kappa shape index (κ1) is 19.2. The van der Waals surface area contributed by atoms with Crippen molar-refractivity contribution in [2.24, 2.45) is 5.73 Å². The zero-order valence-corrected chi connectivity index (χ0v) is 15.1. The highest BCUT2D eigenvalue weighted by Crippen LogP contribution is 2.31. The summed E-state index contributed by atoms with van der Waals surface area (Å²) in [6.45, 7) is 3.65. The fourth-order valence-corrected chi connectivity index (χ4v) is 2.72. The predicted octanol–water partition coefficient (Wildman–Crippen LogP) is 2.51. The fourth-order valence-electron chi connectivity index (χ4n) is 2.72. The number of benzene rings is 1. The Labute approximate surface area is 158 Å². The number of primary amides is 1. The maximum Gasteiger partial charge on any atom is 0.271 e. The quantitative estimate of drug-likeness (QED) is 0.716. The van der Waals surface area contributed by atoms with E-state index in [2.05, 4.69) is 9.97 Å². The van der Waals surface area contributed by atoms with E-state index in [4.69, 9.17) is 11.5 Å². The summed E-state index contributed by atoms with van der Waals surface area (Å²) >= 11 is 0. The molecule has 0 aliphatic heterocycles. The van der Waals surface area contributed by atoms with Crippen LogP contribution in [0.2, 0.25) is 0 Å². The number of pyridine rings is 1. The van der Waals surface area contributed by atoms with E-state index in [1.165, 1.54) is 22.8 Å². The summed E-state index contributed by atoms with van der Waals surface area (Å²) in [6.07, 6.45) is 1.54. The van der Waals surface area contributed by atoms with Crippen molar-refractivity contribution in [3.63, 3.8) is 0 Å². The van der Waals surface area contributed by atoms with Gasteiger partial charge in [-0.25, -0.2) is 18.7 Å². The van der Waals surface area contributed by atoms with Crippen LogP contribution in [0.25, 0.3) is 22.5 Å². The van der Waals surface area contributed by atoms with E-state index in [0.717, 1.165) is 12.1 Å². The summed E-state index contributed by atoms with van der Waals surface area (Å²) in [5.41, 5.74) is 11.5. The van der Waals surface area contributed by atoms with Crippen molar-refractivity contribution in [1.82, 2.24) is 14.5 Å². The molecule has 2 heterocycles. The standard InChI is InChI=1S/C19H17F2N5O2/c1-9(2)26-8-11(4-6-14(26)27)16-15(10-3-5-12(20)13(21)7-10)25-18(22)17(24-16)19(23)28/h3-9H,1-2H3,(H2,22,25)(H2,23,28). The van der Waals surface area contributed by atoms with Crippen molar-refractivity contribution in [3.8, 4) is 22.5 Å². The van der Waals surface area contributed by atoms with Gasteiger partial charge in [-0.15, -0.1) is 0 Å². The van der Waals surface area contributed by atoms with Crippen LogP contribution in [0.15, 0.2) is 41.3 Å². The number of amides is 1. The molecule has 9 heteroatoms. The first-order valence-electron chi connectivity index (χ1n) is 8.34. The van der Waals surface area contributed by atoms with Crippen LogP contribution in [-0.2, 0) is 0 Å². The minimum atomic E-state index is -1.07. The van der Waals surface area contributed by atoms with Gasteiger partial charge in [0, 0.05) is 29.4 Å². The number of aromatic nitrogens is 3. The van der Waals surface area contributed by atoms with Crippen LogP contribution < -0.4 is 17.0 Å². The Morgan fingerprint density at radius 3 is 2.29 bits per heavy atom. The van der Waals surface area contributed by atoms with Crippen molar-refractivity contribution in [2.45, 2.75) is 19.9 Å². The second-order valence-electron chi connectivity index (χ2n) is 6.40. The molecule has 0 radical (unpaired) electrons. The van der Waals surface area contributed by atoms with E-state index < -0.39 is 17.5 Å². The average molecular weight is 385 g/mol. The molecule has 144 valence electrons. The third-order valence-electron chi connectivity index (χ3n) is 4.12. The number of hydrogen-bond acceptors (Lipinski definition) is 5. The highest BCUT2D eigenvalue weighted by Gasteiger charge is 2.20. The van der Waals surface area contributed by atoms with E-state index >= 15 is 0 Å². The smallest absolute Gasteiger partial charge is 0.271 e. The largest absolute Gasteiger partial charge is 0.382 e. The number of rotatable bonds is 4. The molecule has 2 aromatic heterocycles. The molecular weight excluding hydrogens is 368 g/mol. The molecule has 0 atom stereocenters. The van der Waals surface area contributed by atoms with Crippen molar-refractivity contribution in [3.05, 3.63) is 64.2 Å². The SMILES string of the molecule is CC(C)n1cc(-c2nc(C(N)=O)c(N)nc2-c2ccc(F)c(F)c2)ccc1=O. The van der Waals surface area contributed by atoms with Gasteiger partial charge < -0.3 is 16.0 Å². The lowest BCUT2D eigenvalue weighted by Crippen LogP contribution is -2.21. The molecular formula is C19H17F2N5O2. The van der Waals surface area contributed by atoms with Crippen LogP contribution >= 0.6 is 0 Å². The summed E-state index contributed by atoms with van der Waals surface area (Å²) in [7, 11) is 0. The summed E-state index contributed by atoms with van der Waals surface area (Å²) in [4.78, 5) is 32.1. The average Bonchev–Trinajstić information content (AvgIpc) is 2.64. The second kappa shape index (κ2) is 7.18. The summed E-state index contributed by atoms with van der Waals surface area (Å²) in [5.74, 6) is -3.23. The molecule has 1 amide bonds. The molecule has 0 unspecified atom stereocenters. The first-order valence-corrected chi connectivity index (χ1v) is 8.34. The zero-order valence-electron chi connectivity index (χ0n) is 15.1. The van der Waals surface area contributed by atoms with Gasteiger partial charge in [-0.2, -0.15) is 0 Å². The molecule has 3 aromatic rings. The molecule has 0 aliphatic carbocycles. The number of hydrogen-bond donors (Lipinski definition) is 2. The highest BCUT2D eigenvalue weighted by atomic mass is 19.2. The van der Waals surface area contributed by atoms with E-state index in [9.17, 15) is 18.4 Å². The third-order valence-corrected chi connectivity index (χ3v) is 4.12. The lowest BCUT2D eigenvalue weighted by atomic mass is 10.0. The van der Waals surface area contributed by atoms with Crippen LogP contribution in [0, 0.1) is 11.6 Å². The number of anilines is 1. The number of nitrogens with zero attached hydrogens (tertiary/aromatic N) is 3. The number of carbonyl (C=O) groups excluding carboxylic acids is 1. The van der Waals surface area contributed by atoms with Gasteiger partial charge in [-0.05, 0) is 38.1 Å². The van der Waals surface area contributed by atoms with Crippen LogP contribution in [0.3, 0.4) is 0 Å². The molecule has 0 spiro atoms. The Kier molecular flexibility index (Phi) is 4.91. The molecule has 0 saturated carbocycles. The van der Waals surface area contributed by atoms with Gasteiger partial charge in [0.1, 0.15) is 0 Å². The Balaban J connectivity index is 2.33. The number of halogens is 2. The second-order valence-corrected chi connectivity index (χ2v) is 6.40. The van der Waals surface area contributed by atoms with Gasteiger partial charge in [0.2, 0.25) is 0 Å². The predicted molar refractivity (Wildman–Crippen MR) is 100 cm³/mol. The maximum atomic E-state index is 13.8. The summed E-state index contributed by atoms with van der Waals surface area (Å²) < 4.78 is 28.6. The first-order chi connectivity index (χ1) is 13.2. The fraction of sp³-hybridized carbons (Fsp3) is 0.158. The zero-order chi connectivity index (χ0) is 20.6. The van der Waals surface area contributed by atoms with Crippen molar-refractivity contribution in [1.29, 1.82) is 0 Å². The number of nitrogens with two attached hydrogens (primary N) is 2. The van der Waals surface area contributed by atoms with Gasteiger partial charge in [-0.1, -0.05) is 0 Å². The monoisotopic (exact) mass is 385 g/mol.